The van der Waals surface area contributed by atoms with Crippen LogP contribution in [0.2, 0.25) is 0 Å². The molecule has 6 nitrogen and oxygen atoms in total. The molecule has 0 aliphatic carbocycles. The second-order valence-electron chi connectivity index (χ2n) is 7.02. The van der Waals surface area contributed by atoms with Crippen LogP contribution in [0.1, 0.15) is 34.5 Å². The molecule has 0 radical (unpaired) electrons. The van der Waals surface area contributed by atoms with E-state index in [9.17, 15) is 9.18 Å². The van der Waals surface area contributed by atoms with Crippen LogP contribution >= 0.6 is 0 Å². The second kappa shape index (κ2) is 8.32. The van der Waals surface area contributed by atoms with Crippen LogP contribution in [0.25, 0.3) is 11.0 Å². The van der Waals surface area contributed by atoms with E-state index in [2.05, 4.69) is 15.6 Å². The number of ether oxygens (including phenoxy) is 1. The summed E-state index contributed by atoms with van der Waals surface area (Å²) in [4.78, 5) is 12.6. The average Bonchev–Trinajstić information content (AvgIpc) is 3.17. The van der Waals surface area contributed by atoms with Crippen molar-refractivity contribution in [2.45, 2.75) is 19.5 Å². The number of halogens is 1. The van der Waals surface area contributed by atoms with E-state index in [4.69, 9.17) is 4.74 Å². The van der Waals surface area contributed by atoms with Gasteiger partial charge in [-0.1, -0.05) is 35.5 Å². The topological polar surface area (TPSA) is 69.0 Å². The summed E-state index contributed by atoms with van der Waals surface area (Å²) in [5.41, 5.74) is 4.00. The van der Waals surface area contributed by atoms with Gasteiger partial charge in [-0.05, 0) is 54.4 Å². The third-order valence-corrected chi connectivity index (χ3v) is 4.99. The third kappa shape index (κ3) is 4.00. The van der Waals surface area contributed by atoms with Crippen molar-refractivity contribution in [3.05, 3.63) is 89.2 Å². The Labute approximate surface area is 173 Å². The largest absolute Gasteiger partial charge is 0.494 e. The van der Waals surface area contributed by atoms with E-state index < -0.39 is 5.82 Å². The summed E-state index contributed by atoms with van der Waals surface area (Å²) in [6.45, 7) is 2.37. The highest BCUT2D eigenvalue weighted by Crippen LogP contribution is 2.22. The van der Waals surface area contributed by atoms with E-state index in [-0.39, 0.29) is 17.7 Å². The number of methoxy groups -OCH3 is 1. The van der Waals surface area contributed by atoms with Crippen molar-refractivity contribution in [3.63, 3.8) is 0 Å². The molecule has 0 aliphatic rings. The number of hydrogen-bond acceptors (Lipinski definition) is 4. The first-order valence-corrected chi connectivity index (χ1v) is 9.56. The van der Waals surface area contributed by atoms with Crippen LogP contribution < -0.4 is 10.1 Å². The molecule has 30 heavy (non-hydrogen) atoms. The van der Waals surface area contributed by atoms with E-state index in [1.54, 1.807) is 24.3 Å². The molecule has 4 aromatic rings. The lowest BCUT2D eigenvalue weighted by atomic mass is 10.1. The summed E-state index contributed by atoms with van der Waals surface area (Å²) in [6.07, 6.45) is 0. The normalized spacial score (nSPS) is 12.0. The van der Waals surface area contributed by atoms with Crippen molar-refractivity contribution in [1.82, 2.24) is 20.3 Å². The molecule has 0 aliphatic heterocycles. The highest BCUT2D eigenvalue weighted by Gasteiger charge is 2.14. The van der Waals surface area contributed by atoms with Crippen LogP contribution in [0, 0.1) is 5.82 Å². The van der Waals surface area contributed by atoms with Crippen molar-refractivity contribution in [3.8, 4) is 5.75 Å². The fourth-order valence-corrected chi connectivity index (χ4v) is 3.28. The third-order valence-electron chi connectivity index (χ3n) is 4.99. The van der Waals surface area contributed by atoms with Crippen LogP contribution in [0.3, 0.4) is 0 Å². The van der Waals surface area contributed by atoms with Gasteiger partial charge in [-0.15, -0.1) is 5.10 Å². The van der Waals surface area contributed by atoms with Gasteiger partial charge in [0.15, 0.2) is 11.6 Å². The lowest BCUT2D eigenvalue weighted by Crippen LogP contribution is -2.26. The lowest BCUT2D eigenvalue weighted by Gasteiger charge is -2.15. The number of nitrogens with zero attached hydrogens (tertiary/aromatic N) is 3. The van der Waals surface area contributed by atoms with Crippen molar-refractivity contribution in [1.29, 1.82) is 0 Å². The number of carbonyl (C=O) groups is 1. The zero-order chi connectivity index (χ0) is 21.1. The van der Waals surface area contributed by atoms with Gasteiger partial charge in [0.05, 0.1) is 25.2 Å². The Morgan fingerprint density at radius 2 is 1.90 bits per heavy atom. The molecule has 3 aromatic carbocycles. The molecule has 0 unspecified atom stereocenters. The van der Waals surface area contributed by atoms with Crippen molar-refractivity contribution < 1.29 is 13.9 Å². The van der Waals surface area contributed by atoms with Gasteiger partial charge in [0.2, 0.25) is 0 Å². The molecule has 1 aromatic heterocycles. The molecule has 0 fully saturated rings. The highest BCUT2D eigenvalue weighted by molar-refractivity contribution is 5.94. The van der Waals surface area contributed by atoms with E-state index in [0.717, 1.165) is 16.6 Å². The smallest absolute Gasteiger partial charge is 0.251 e. The summed E-state index contributed by atoms with van der Waals surface area (Å²) >= 11 is 0. The number of rotatable bonds is 6. The molecule has 0 bridgehead atoms. The molecule has 1 N–H and O–H groups in total. The van der Waals surface area contributed by atoms with Gasteiger partial charge in [-0.25, -0.2) is 9.07 Å². The zero-order valence-electron chi connectivity index (χ0n) is 16.7. The number of para-hydroxylation sites is 1. The van der Waals surface area contributed by atoms with Crippen LogP contribution in [0.5, 0.6) is 5.75 Å². The van der Waals surface area contributed by atoms with Gasteiger partial charge in [0, 0.05) is 5.56 Å². The van der Waals surface area contributed by atoms with Gasteiger partial charge in [0.25, 0.3) is 5.91 Å². The number of aromatic nitrogens is 3. The predicted molar refractivity (Wildman–Crippen MR) is 112 cm³/mol. The summed E-state index contributed by atoms with van der Waals surface area (Å²) < 4.78 is 20.7. The number of amides is 1. The summed E-state index contributed by atoms with van der Waals surface area (Å²) in [6, 6.07) is 19.4. The Bertz CT molecular complexity index is 1190. The fraction of sp³-hybridized carbons (Fsp3) is 0.174. The number of benzene rings is 3. The number of hydrogen-bond donors (Lipinski definition) is 1. The minimum atomic E-state index is -0.457. The molecule has 0 saturated heterocycles. The molecule has 152 valence electrons. The van der Waals surface area contributed by atoms with Crippen LogP contribution in [-0.4, -0.2) is 28.0 Å². The highest BCUT2D eigenvalue weighted by atomic mass is 19.1. The van der Waals surface area contributed by atoms with Gasteiger partial charge in [0.1, 0.15) is 5.52 Å². The predicted octanol–water partition coefficient (Wildman–Crippen LogP) is 4.12. The van der Waals surface area contributed by atoms with Crippen LogP contribution in [-0.2, 0) is 6.54 Å². The summed E-state index contributed by atoms with van der Waals surface area (Å²) in [7, 11) is 1.41. The first-order chi connectivity index (χ1) is 14.5. The Hall–Kier alpha value is -3.74. The number of carbonyl (C=O) groups excluding carboxylic acids is 1. The molecule has 0 spiro atoms. The average molecular weight is 404 g/mol. The molecule has 4 rings (SSSR count). The second-order valence-corrected chi connectivity index (χ2v) is 7.02. The summed E-state index contributed by atoms with van der Waals surface area (Å²) in [5, 5.41) is 11.2. The monoisotopic (exact) mass is 404 g/mol. The number of nitrogens with one attached hydrogen (secondary N) is 1. The van der Waals surface area contributed by atoms with Crippen LogP contribution in [0.15, 0.2) is 66.7 Å². The maximum atomic E-state index is 13.9. The minimum absolute atomic E-state index is 0.174. The Kier molecular flexibility index (Phi) is 5.43. The lowest BCUT2D eigenvalue weighted by molar-refractivity contribution is 0.0940. The Balaban J connectivity index is 1.43. The molecule has 7 heteroatoms. The van der Waals surface area contributed by atoms with Crippen LogP contribution in [0.4, 0.5) is 4.39 Å². The molecular weight excluding hydrogens is 383 g/mol. The maximum absolute atomic E-state index is 13.9. The number of fused-ring (bicyclic) bond motifs is 1. The van der Waals surface area contributed by atoms with Gasteiger partial charge in [-0.2, -0.15) is 0 Å². The first-order valence-electron chi connectivity index (χ1n) is 9.56. The molecule has 0 saturated carbocycles. The molecular formula is C23H21FN4O2. The van der Waals surface area contributed by atoms with E-state index in [1.807, 2.05) is 48.0 Å². The standard InChI is InChI=1S/C23H21FN4O2/c1-15(18-11-12-22(30-2)19(24)13-18)25-23(29)17-9-7-16(8-10-17)14-28-21-6-4-3-5-20(21)26-27-28/h3-13,15H,14H2,1-2H3,(H,25,29)/t15-/m1/s1. The van der Waals surface area contributed by atoms with E-state index in [0.29, 0.717) is 17.7 Å². The van der Waals surface area contributed by atoms with Gasteiger partial charge < -0.3 is 10.1 Å². The summed E-state index contributed by atoms with van der Waals surface area (Å²) in [5.74, 6) is -0.509. The SMILES string of the molecule is COc1ccc([C@@H](C)NC(=O)c2ccc(Cn3nnc4ccccc43)cc2)cc1F. The fourth-order valence-electron chi connectivity index (χ4n) is 3.28. The molecule has 1 amide bonds. The van der Waals surface area contributed by atoms with Gasteiger partial charge >= 0.3 is 0 Å². The first kappa shape index (κ1) is 19.6. The minimum Gasteiger partial charge on any atom is -0.494 e. The quantitative estimate of drug-likeness (QED) is 0.525. The van der Waals surface area contributed by atoms with E-state index in [1.165, 1.54) is 13.2 Å². The van der Waals surface area contributed by atoms with E-state index >= 15 is 0 Å². The molecule has 1 atom stereocenters. The molecule has 1 heterocycles. The van der Waals surface area contributed by atoms with Crippen molar-refractivity contribution in [2.75, 3.05) is 7.11 Å². The Morgan fingerprint density at radius 1 is 1.13 bits per heavy atom. The van der Waals surface area contributed by atoms with Crippen molar-refractivity contribution in [2.24, 2.45) is 0 Å². The maximum Gasteiger partial charge on any atom is 0.251 e. The Morgan fingerprint density at radius 3 is 2.63 bits per heavy atom. The zero-order valence-corrected chi connectivity index (χ0v) is 16.7. The van der Waals surface area contributed by atoms with Crippen molar-refractivity contribution >= 4 is 16.9 Å². The van der Waals surface area contributed by atoms with Gasteiger partial charge in [-0.3, -0.25) is 4.79 Å².